The smallest absolute Gasteiger partial charge is 0.251 e. The van der Waals surface area contributed by atoms with Crippen LogP contribution in [0.15, 0.2) is 18.2 Å². The summed E-state index contributed by atoms with van der Waals surface area (Å²) in [5.74, 6) is 0.0567. The van der Waals surface area contributed by atoms with Gasteiger partial charge in [0.25, 0.3) is 5.91 Å². The van der Waals surface area contributed by atoms with E-state index in [0.29, 0.717) is 17.7 Å². The number of nitrogens with two attached hydrogens (primary N) is 1. The third-order valence-corrected chi connectivity index (χ3v) is 2.54. The van der Waals surface area contributed by atoms with E-state index in [0.717, 1.165) is 0 Å². The molecule has 2 atom stereocenters. The molecule has 0 aliphatic heterocycles. The summed E-state index contributed by atoms with van der Waals surface area (Å²) in [5.41, 5.74) is 6.06. The van der Waals surface area contributed by atoms with Crippen LogP contribution >= 0.6 is 0 Å². The fraction of sp³-hybridized carbons (Fsp3) is 0.462. The molecule has 0 aliphatic rings. The Morgan fingerprint density at radius 1 is 1.50 bits per heavy atom. The minimum absolute atomic E-state index is 0.0123. The van der Waals surface area contributed by atoms with Gasteiger partial charge in [0.05, 0.1) is 7.11 Å². The molecule has 5 nitrogen and oxygen atoms in total. The van der Waals surface area contributed by atoms with Crippen molar-refractivity contribution in [3.63, 3.8) is 0 Å². The first-order valence-corrected chi connectivity index (χ1v) is 5.87. The van der Waals surface area contributed by atoms with Crippen LogP contribution in [0.3, 0.4) is 0 Å². The second-order valence-corrected chi connectivity index (χ2v) is 4.47. The molecule has 1 aromatic carbocycles. The fourth-order valence-electron chi connectivity index (χ4n) is 1.75. The van der Waals surface area contributed by atoms with Crippen molar-refractivity contribution in [1.82, 2.24) is 5.32 Å². The van der Waals surface area contributed by atoms with Crippen LogP contribution in [0, 0.1) is 0 Å². The molecule has 0 fully saturated rings. The Hall–Kier alpha value is -1.75. The number of aromatic hydroxyl groups is 1. The van der Waals surface area contributed by atoms with Gasteiger partial charge in [-0.3, -0.25) is 4.79 Å². The Morgan fingerprint density at radius 2 is 2.17 bits per heavy atom. The van der Waals surface area contributed by atoms with E-state index in [1.54, 1.807) is 12.1 Å². The van der Waals surface area contributed by atoms with Crippen molar-refractivity contribution in [2.45, 2.75) is 32.4 Å². The molecular formula is C13H20N2O3. The van der Waals surface area contributed by atoms with Crippen molar-refractivity contribution in [2.75, 3.05) is 7.11 Å². The van der Waals surface area contributed by atoms with Crippen molar-refractivity contribution >= 4 is 5.91 Å². The van der Waals surface area contributed by atoms with Gasteiger partial charge in [0, 0.05) is 17.6 Å². The number of ether oxygens (including phenoxy) is 1. The molecule has 0 aromatic heterocycles. The van der Waals surface area contributed by atoms with Gasteiger partial charge < -0.3 is 20.9 Å². The molecule has 0 spiro atoms. The minimum atomic E-state index is -0.235. The van der Waals surface area contributed by atoms with Gasteiger partial charge in [0.1, 0.15) is 0 Å². The maximum Gasteiger partial charge on any atom is 0.251 e. The average molecular weight is 252 g/mol. The highest BCUT2D eigenvalue weighted by Crippen LogP contribution is 2.26. The Labute approximate surface area is 107 Å². The highest BCUT2D eigenvalue weighted by molar-refractivity contribution is 5.95. The molecule has 4 N–H and O–H groups in total. The van der Waals surface area contributed by atoms with Gasteiger partial charge >= 0.3 is 0 Å². The molecule has 1 rings (SSSR count). The zero-order chi connectivity index (χ0) is 13.7. The number of phenolic OH excluding ortho intramolecular Hbond substituents is 1. The number of methoxy groups -OCH3 is 1. The number of rotatable bonds is 5. The van der Waals surface area contributed by atoms with Gasteiger partial charge in [-0.05, 0) is 38.5 Å². The molecule has 0 saturated carbocycles. The lowest BCUT2D eigenvalue weighted by Gasteiger charge is -2.16. The predicted octanol–water partition coefficient (Wildman–Crippen LogP) is 1.26. The van der Waals surface area contributed by atoms with Crippen molar-refractivity contribution in [3.05, 3.63) is 23.8 Å². The van der Waals surface area contributed by atoms with Crippen LogP contribution < -0.4 is 15.8 Å². The van der Waals surface area contributed by atoms with Crippen LogP contribution in [0.5, 0.6) is 11.5 Å². The number of carbonyl (C=O) groups is 1. The maximum absolute atomic E-state index is 11.9. The maximum atomic E-state index is 11.9. The minimum Gasteiger partial charge on any atom is -0.504 e. The summed E-state index contributed by atoms with van der Waals surface area (Å²) in [6.07, 6.45) is 0.702. The first kappa shape index (κ1) is 14.3. The quantitative estimate of drug-likeness (QED) is 0.736. The molecule has 5 heteroatoms. The summed E-state index contributed by atoms with van der Waals surface area (Å²) in [6, 6.07) is 4.56. The molecular weight excluding hydrogens is 232 g/mol. The number of amides is 1. The Bertz CT molecular complexity index is 419. The van der Waals surface area contributed by atoms with Crippen LogP contribution in [0.1, 0.15) is 30.6 Å². The zero-order valence-corrected chi connectivity index (χ0v) is 10.9. The molecule has 1 amide bonds. The molecule has 0 radical (unpaired) electrons. The zero-order valence-electron chi connectivity index (χ0n) is 10.9. The lowest BCUT2D eigenvalue weighted by Crippen LogP contribution is -2.36. The van der Waals surface area contributed by atoms with E-state index >= 15 is 0 Å². The summed E-state index contributed by atoms with van der Waals surface area (Å²) >= 11 is 0. The van der Waals surface area contributed by atoms with Crippen molar-refractivity contribution in [1.29, 1.82) is 0 Å². The first-order chi connectivity index (χ1) is 8.43. The topological polar surface area (TPSA) is 84.6 Å². The molecule has 2 unspecified atom stereocenters. The van der Waals surface area contributed by atoms with Crippen LogP contribution in [-0.4, -0.2) is 30.2 Å². The average Bonchev–Trinajstić information content (AvgIpc) is 2.27. The number of nitrogens with one attached hydrogen (secondary N) is 1. The molecule has 0 bridgehead atoms. The Morgan fingerprint density at radius 3 is 2.67 bits per heavy atom. The number of phenols is 1. The normalized spacial score (nSPS) is 13.8. The summed E-state index contributed by atoms with van der Waals surface area (Å²) in [4.78, 5) is 11.9. The van der Waals surface area contributed by atoms with Crippen LogP contribution in [0.4, 0.5) is 0 Å². The van der Waals surface area contributed by atoms with E-state index < -0.39 is 0 Å². The van der Waals surface area contributed by atoms with E-state index in [1.807, 2.05) is 13.8 Å². The lowest BCUT2D eigenvalue weighted by molar-refractivity contribution is 0.0937. The van der Waals surface area contributed by atoms with Crippen molar-refractivity contribution in [3.8, 4) is 11.5 Å². The second-order valence-electron chi connectivity index (χ2n) is 4.47. The summed E-state index contributed by atoms with van der Waals surface area (Å²) in [6.45, 7) is 3.78. The van der Waals surface area contributed by atoms with Gasteiger partial charge in [-0.1, -0.05) is 0 Å². The van der Waals surface area contributed by atoms with Crippen LogP contribution in [0.2, 0.25) is 0 Å². The number of hydrogen-bond donors (Lipinski definition) is 3. The fourth-order valence-corrected chi connectivity index (χ4v) is 1.75. The van der Waals surface area contributed by atoms with Crippen molar-refractivity contribution in [2.24, 2.45) is 5.73 Å². The van der Waals surface area contributed by atoms with Crippen LogP contribution in [-0.2, 0) is 0 Å². The van der Waals surface area contributed by atoms with E-state index in [4.69, 9.17) is 10.5 Å². The molecule has 0 saturated heterocycles. The third-order valence-electron chi connectivity index (χ3n) is 2.54. The predicted molar refractivity (Wildman–Crippen MR) is 69.9 cm³/mol. The SMILES string of the molecule is COc1ccc(C(=O)NC(C)CC(C)N)cc1O. The number of hydrogen-bond acceptors (Lipinski definition) is 4. The van der Waals surface area contributed by atoms with E-state index in [9.17, 15) is 9.90 Å². The molecule has 0 aliphatic carbocycles. The third kappa shape index (κ3) is 3.92. The largest absolute Gasteiger partial charge is 0.504 e. The van der Waals surface area contributed by atoms with Gasteiger partial charge in [-0.2, -0.15) is 0 Å². The standard InChI is InChI=1S/C13H20N2O3/c1-8(14)6-9(2)15-13(17)10-4-5-12(18-3)11(16)7-10/h4-5,7-9,16H,6,14H2,1-3H3,(H,15,17). The summed E-state index contributed by atoms with van der Waals surface area (Å²) in [5, 5.41) is 12.4. The molecule has 1 aromatic rings. The Kier molecular flexibility index (Phi) is 4.97. The van der Waals surface area contributed by atoms with Gasteiger partial charge in [0.15, 0.2) is 11.5 Å². The molecule has 100 valence electrons. The van der Waals surface area contributed by atoms with Crippen molar-refractivity contribution < 1.29 is 14.6 Å². The van der Waals surface area contributed by atoms with Gasteiger partial charge in [-0.15, -0.1) is 0 Å². The van der Waals surface area contributed by atoms with E-state index in [1.165, 1.54) is 13.2 Å². The van der Waals surface area contributed by atoms with E-state index in [2.05, 4.69) is 5.32 Å². The second kappa shape index (κ2) is 6.26. The highest BCUT2D eigenvalue weighted by Gasteiger charge is 2.13. The van der Waals surface area contributed by atoms with E-state index in [-0.39, 0.29) is 23.7 Å². The summed E-state index contributed by atoms with van der Waals surface area (Å²) in [7, 11) is 1.46. The van der Waals surface area contributed by atoms with Gasteiger partial charge in [-0.25, -0.2) is 0 Å². The molecule has 0 heterocycles. The summed E-state index contributed by atoms with van der Waals surface area (Å²) < 4.78 is 4.92. The first-order valence-electron chi connectivity index (χ1n) is 5.87. The monoisotopic (exact) mass is 252 g/mol. The Balaban J connectivity index is 2.70. The highest BCUT2D eigenvalue weighted by atomic mass is 16.5. The van der Waals surface area contributed by atoms with Gasteiger partial charge in [0.2, 0.25) is 0 Å². The lowest BCUT2D eigenvalue weighted by atomic mass is 10.1. The molecule has 18 heavy (non-hydrogen) atoms. The number of carbonyl (C=O) groups excluding carboxylic acids is 1. The number of benzene rings is 1. The van der Waals surface area contributed by atoms with Crippen LogP contribution in [0.25, 0.3) is 0 Å².